The summed E-state index contributed by atoms with van der Waals surface area (Å²) in [6.07, 6.45) is 1.71. The first kappa shape index (κ1) is 18.7. The lowest BCUT2D eigenvalue weighted by molar-refractivity contribution is 0.324. The van der Waals surface area contributed by atoms with Gasteiger partial charge in [0, 0.05) is 47.2 Å². The van der Waals surface area contributed by atoms with E-state index in [1.165, 1.54) is 0 Å². The first-order chi connectivity index (χ1) is 13.5. The van der Waals surface area contributed by atoms with E-state index >= 15 is 0 Å². The Hall–Kier alpha value is -2.61. The van der Waals surface area contributed by atoms with Gasteiger partial charge in [0.1, 0.15) is 6.17 Å². The molecule has 0 spiro atoms. The van der Waals surface area contributed by atoms with Gasteiger partial charge < -0.3 is 14.9 Å². The Kier molecular flexibility index (Phi) is 4.97. The summed E-state index contributed by atoms with van der Waals surface area (Å²) in [5, 5.41) is 22.7. The number of tetrazole rings is 1. The molecule has 2 heterocycles. The molecule has 0 saturated heterocycles. The van der Waals surface area contributed by atoms with Gasteiger partial charge in [-0.25, -0.2) is 4.68 Å². The molecule has 0 aliphatic carbocycles. The number of anilines is 1. The molecule has 0 bridgehead atoms. The first-order valence-electron chi connectivity index (χ1n) is 8.60. The minimum atomic E-state index is -0.200. The Bertz CT molecular complexity index is 1030. The molecule has 4 rings (SSSR count). The van der Waals surface area contributed by atoms with Gasteiger partial charge >= 0.3 is 0 Å². The molecule has 9 heteroatoms. The summed E-state index contributed by atoms with van der Waals surface area (Å²) < 4.78 is 1.62. The van der Waals surface area contributed by atoms with E-state index < -0.39 is 0 Å². The van der Waals surface area contributed by atoms with Crippen molar-refractivity contribution in [3.05, 3.63) is 70.0 Å². The van der Waals surface area contributed by atoms with Gasteiger partial charge in [0.15, 0.2) is 5.82 Å². The third kappa shape index (κ3) is 3.22. The largest absolute Gasteiger partial charge is 0.390 e. The number of benzene rings is 2. The van der Waals surface area contributed by atoms with Crippen LogP contribution >= 0.6 is 23.2 Å². The van der Waals surface area contributed by atoms with Gasteiger partial charge in [0.25, 0.3) is 0 Å². The normalized spacial score (nSPS) is 16.6. The summed E-state index contributed by atoms with van der Waals surface area (Å²) in [5.74, 6) is 0.681. The summed E-state index contributed by atoms with van der Waals surface area (Å²) in [5.41, 5.74) is 3.49. The van der Waals surface area contributed by atoms with Gasteiger partial charge in [0.2, 0.25) is 0 Å². The molecule has 28 heavy (non-hydrogen) atoms. The fourth-order valence-corrected chi connectivity index (χ4v) is 3.95. The summed E-state index contributed by atoms with van der Waals surface area (Å²) in [6, 6.07) is 13.3. The second kappa shape index (κ2) is 7.43. The number of nitrogens with zero attached hydrogens (tertiary/aromatic N) is 6. The number of aryl methyl sites for hydroxylation is 1. The molecule has 3 aromatic rings. The fourth-order valence-electron chi connectivity index (χ4n) is 3.45. The average molecular weight is 417 g/mol. The maximum atomic E-state index is 9.91. The zero-order chi connectivity index (χ0) is 19.8. The predicted molar refractivity (Wildman–Crippen MR) is 109 cm³/mol. The van der Waals surface area contributed by atoms with Gasteiger partial charge in [-0.2, -0.15) is 0 Å². The van der Waals surface area contributed by atoms with Crippen LogP contribution < -0.4 is 4.90 Å². The van der Waals surface area contributed by atoms with Crippen molar-refractivity contribution in [3.8, 4) is 11.4 Å². The molecule has 7 nitrogen and oxygen atoms in total. The molecule has 2 aromatic carbocycles. The van der Waals surface area contributed by atoms with E-state index in [0.29, 0.717) is 15.9 Å². The zero-order valence-corrected chi connectivity index (χ0v) is 16.8. The summed E-state index contributed by atoms with van der Waals surface area (Å²) in [4.78, 5) is 4.06. The first-order valence-corrected chi connectivity index (χ1v) is 9.35. The highest BCUT2D eigenvalue weighted by molar-refractivity contribution is 6.35. The van der Waals surface area contributed by atoms with Crippen LogP contribution in [0.1, 0.15) is 11.7 Å². The lowest BCUT2D eigenvalue weighted by atomic mass is 10.1. The Balaban J connectivity index is 1.74. The Morgan fingerprint density at radius 2 is 1.82 bits per heavy atom. The van der Waals surface area contributed by atoms with E-state index in [1.54, 1.807) is 17.8 Å². The lowest BCUT2D eigenvalue weighted by Gasteiger charge is -2.33. The van der Waals surface area contributed by atoms with Crippen LogP contribution in [0.15, 0.2) is 54.4 Å². The van der Waals surface area contributed by atoms with Gasteiger partial charge in [0.05, 0.1) is 12.3 Å². The number of halogens is 2. The van der Waals surface area contributed by atoms with Crippen molar-refractivity contribution in [2.75, 3.05) is 18.6 Å². The van der Waals surface area contributed by atoms with Gasteiger partial charge in [-0.1, -0.05) is 29.3 Å². The minimum Gasteiger partial charge on any atom is -0.390 e. The number of rotatable bonds is 4. The minimum absolute atomic E-state index is 0.0962. The van der Waals surface area contributed by atoms with Crippen LogP contribution in [0.5, 0.6) is 0 Å². The molecule has 1 aromatic heterocycles. The highest BCUT2D eigenvalue weighted by Crippen LogP contribution is 2.41. The fraction of sp³-hybridized carbons (Fsp3) is 0.211. The molecule has 1 N–H and O–H groups in total. The van der Waals surface area contributed by atoms with Crippen molar-refractivity contribution < 1.29 is 5.11 Å². The highest BCUT2D eigenvalue weighted by Gasteiger charge is 2.33. The van der Waals surface area contributed by atoms with E-state index in [-0.39, 0.29) is 12.8 Å². The number of aliphatic hydroxyl groups is 1. The molecule has 1 unspecified atom stereocenters. The molecule has 1 aliphatic rings. The SMILES string of the molecule is CN1C=C(CO)N(c2ccc(-c3nnnn3C)cc2)C1c1ccc(Cl)cc1Cl. The topological polar surface area (TPSA) is 70.3 Å². The van der Waals surface area contributed by atoms with Crippen molar-refractivity contribution in [1.29, 1.82) is 0 Å². The van der Waals surface area contributed by atoms with Crippen LogP contribution in [0, 0.1) is 0 Å². The maximum Gasteiger partial charge on any atom is 0.181 e. The Morgan fingerprint density at radius 3 is 2.43 bits per heavy atom. The molecule has 1 aliphatic heterocycles. The van der Waals surface area contributed by atoms with Gasteiger partial charge in [-0.3, -0.25) is 0 Å². The summed E-state index contributed by atoms with van der Waals surface area (Å²) >= 11 is 12.5. The average Bonchev–Trinajstić information content (AvgIpc) is 3.25. The summed E-state index contributed by atoms with van der Waals surface area (Å²) in [7, 11) is 3.74. The summed E-state index contributed by atoms with van der Waals surface area (Å²) in [6.45, 7) is -0.0962. The van der Waals surface area contributed by atoms with Crippen LogP contribution in [-0.4, -0.2) is 43.9 Å². The number of aromatic nitrogens is 4. The number of aliphatic hydroxyl groups excluding tert-OH is 1. The predicted octanol–water partition coefficient (Wildman–Crippen LogP) is 3.47. The zero-order valence-electron chi connectivity index (χ0n) is 15.3. The van der Waals surface area contributed by atoms with Gasteiger partial charge in [-0.05, 0) is 46.8 Å². The van der Waals surface area contributed by atoms with E-state index in [1.807, 2.05) is 59.4 Å². The molecule has 0 radical (unpaired) electrons. The third-order valence-electron chi connectivity index (χ3n) is 4.72. The van der Waals surface area contributed by atoms with E-state index in [2.05, 4.69) is 15.5 Å². The molecular formula is C19H18Cl2N6O. The van der Waals surface area contributed by atoms with Crippen LogP contribution in [0.3, 0.4) is 0 Å². The number of hydrogen-bond acceptors (Lipinski definition) is 6. The molecule has 0 saturated carbocycles. The van der Waals surface area contributed by atoms with Crippen molar-refractivity contribution in [3.63, 3.8) is 0 Å². The van der Waals surface area contributed by atoms with E-state index in [9.17, 15) is 5.11 Å². The van der Waals surface area contributed by atoms with Crippen molar-refractivity contribution in [1.82, 2.24) is 25.1 Å². The Morgan fingerprint density at radius 1 is 1.07 bits per heavy atom. The number of hydrogen-bond donors (Lipinski definition) is 1. The smallest absolute Gasteiger partial charge is 0.181 e. The van der Waals surface area contributed by atoms with Crippen LogP contribution in [0.2, 0.25) is 10.0 Å². The second-order valence-corrected chi connectivity index (χ2v) is 7.37. The second-order valence-electron chi connectivity index (χ2n) is 6.53. The maximum absolute atomic E-state index is 9.91. The van der Waals surface area contributed by atoms with E-state index in [0.717, 1.165) is 22.5 Å². The van der Waals surface area contributed by atoms with Gasteiger partial charge in [-0.15, -0.1) is 5.10 Å². The molecule has 0 fully saturated rings. The van der Waals surface area contributed by atoms with E-state index in [4.69, 9.17) is 23.2 Å². The molecule has 1 atom stereocenters. The van der Waals surface area contributed by atoms with Crippen molar-refractivity contribution in [2.24, 2.45) is 7.05 Å². The lowest BCUT2D eigenvalue weighted by Crippen LogP contribution is -2.31. The van der Waals surface area contributed by atoms with Crippen molar-refractivity contribution >= 4 is 28.9 Å². The monoisotopic (exact) mass is 416 g/mol. The van der Waals surface area contributed by atoms with Crippen LogP contribution in [-0.2, 0) is 7.05 Å². The third-order valence-corrected chi connectivity index (χ3v) is 5.28. The van der Waals surface area contributed by atoms with Crippen LogP contribution in [0.25, 0.3) is 11.4 Å². The quantitative estimate of drug-likeness (QED) is 0.701. The highest BCUT2D eigenvalue weighted by atomic mass is 35.5. The standard InChI is InChI=1S/C19H18Cl2N6O/c1-25-10-15(11-28)27(19(25)16-8-5-13(20)9-17(16)21)14-6-3-12(4-7-14)18-22-23-24-26(18)2/h3-10,19,28H,11H2,1-2H3. The van der Waals surface area contributed by atoms with Crippen LogP contribution in [0.4, 0.5) is 5.69 Å². The molecular weight excluding hydrogens is 399 g/mol. The molecule has 0 amide bonds. The Labute approximate surface area is 172 Å². The van der Waals surface area contributed by atoms with Crippen molar-refractivity contribution in [2.45, 2.75) is 6.17 Å². The molecule has 144 valence electrons.